The van der Waals surface area contributed by atoms with Gasteiger partial charge in [-0.15, -0.1) is 13.2 Å². The summed E-state index contributed by atoms with van der Waals surface area (Å²) in [5.74, 6) is 0. The molecular formula is C25H32ClN3. The standard InChI is InChI=1S/C23H28ClN3.C2H4/c1-15(2)22(17(4)25)14-27(6)23-10-8-7-9-21(23)18(5)26-20-12-16(3)11-19(24)13-20;1-2/h7-13,25H,14H2,1-6H3;1-2H2. The second-order valence-electron chi connectivity index (χ2n) is 7.16. The van der Waals surface area contributed by atoms with Crippen LogP contribution in [0.3, 0.4) is 0 Å². The Morgan fingerprint density at radius 2 is 1.69 bits per heavy atom. The first-order valence-electron chi connectivity index (χ1n) is 9.54. The van der Waals surface area contributed by atoms with Gasteiger partial charge in [0.15, 0.2) is 0 Å². The fraction of sp³-hybridized carbons (Fsp3) is 0.280. The van der Waals surface area contributed by atoms with Gasteiger partial charge < -0.3 is 10.3 Å². The Morgan fingerprint density at radius 3 is 2.24 bits per heavy atom. The number of aliphatic imine (C=N–C) groups is 1. The lowest BCUT2D eigenvalue weighted by atomic mass is 10.0. The van der Waals surface area contributed by atoms with E-state index in [0.717, 1.165) is 33.8 Å². The summed E-state index contributed by atoms with van der Waals surface area (Å²) < 4.78 is 0. The SMILES string of the molecule is C=C.CC(=N)C(CN(C)c1ccccc1C(C)=Nc1cc(C)cc(Cl)c1)=C(C)C. The van der Waals surface area contributed by atoms with E-state index in [4.69, 9.17) is 22.0 Å². The third-order valence-corrected chi connectivity index (χ3v) is 4.70. The van der Waals surface area contributed by atoms with Crippen molar-refractivity contribution in [2.45, 2.75) is 34.6 Å². The quantitative estimate of drug-likeness (QED) is 0.391. The first-order chi connectivity index (χ1) is 13.7. The number of halogens is 1. The highest BCUT2D eigenvalue weighted by Crippen LogP contribution is 2.26. The minimum absolute atomic E-state index is 0.610. The first-order valence-corrected chi connectivity index (χ1v) is 9.91. The molecule has 0 saturated carbocycles. The predicted molar refractivity (Wildman–Crippen MR) is 131 cm³/mol. The summed E-state index contributed by atoms with van der Waals surface area (Å²) in [6, 6.07) is 14.1. The Balaban J connectivity index is 0.00000204. The van der Waals surface area contributed by atoms with Crippen LogP contribution in [0.4, 0.5) is 11.4 Å². The number of benzene rings is 2. The molecule has 0 fully saturated rings. The molecule has 0 heterocycles. The predicted octanol–water partition coefficient (Wildman–Crippen LogP) is 7.40. The molecule has 0 amide bonds. The second-order valence-corrected chi connectivity index (χ2v) is 7.60. The largest absolute Gasteiger partial charge is 0.370 e. The summed E-state index contributed by atoms with van der Waals surface area (Å²) in [5, 5.41) is 8.74. The number of rotatable bonds is 6. The lowest BCUT2D eigenvalue weighted by Gasteiger charge is -2.24. The van der Waals surface area contributed by atoms with Crippen molar-refractivity contribution in [1.82, 2.24) is 0 Å². The number of anilines is 1. The number of hydrogen-bond donors (Lipinski definition) is 1. The molecule has 2 aromatic rings. The lowest BCUT2D eigenvalue weighted by molar-refractivity contribution is 0.990. The van der Waals surface area contributed by atoms with Gasteiger partial charge in [-0.25, -0.2) is 0 Å². The smallest absolute Gasteiger partial charge is 0.0650 e. The van der Waals surface area contributed by atoms with E-state index in [1.54, 1.807) is 0 Å². The van der Waals surface area contributed by atoms with Crippen LogP contribution in [0.2, 0.25) is 5.02 Å². The minimum Gasteiger partial charge on any atom is -0.370 e. The molecule has 3 nitrogen and oxygen atoms in total. The van der Waals surface area contributed by atoms with Crippen LogP contribution in [-0.2, 0) is 0 Å². The molecule has 2 aromatic carbocycles. The average molecular weight is 410 g/mol. The molecule has 0 aliphatic carbocycles. The number of nitrogens with one attached hydrogen (secondary N) is 1. The molecule has 29 heavy (non-hydrogen) atoms. The van der Waals surface area contributed by atoms with E-state index in [0.29, 0.717) is 17.3 Å². The van der Waals surface area contributed by atoms with Crippen LogP contribution >= 0.6 is 11.6 Å². The van der Waals surface area contributed by atoms with Crippen molar-refractivity contribution in [3.8, 4) is 0 Å². The third-order valence-electron chi connectivity index (χ3n) is 4.48. The summed E-state index contributed by atoms with van der Waals surface area (Å²) in [6.07, 6.45) is 0. The van der Waals surface area contributed by atoms with Crippen molar-refractivity contribution < 1.29 is 0 Å². The molecule has 0 atom stereocenters. The Kier molecular flexibility index (Phi) is 9.57. The van der Waals surface area contributed by atoms with Gasteiger partial charge in [0.2, 0.25) is 0 Å². The zero-order valence-corrected chi connectivity index (χ0v) is 19.2. The third kappa shape index (κ3) is 7.03. The van der Waals surface area contributed by atoms with Crippen molar-refractivity contribution in [2.24, 2.45) is 4.99 Å². The van der Waals surface area contributed by atoms with Gasteiger partial charge in [-0.05, 0) is 70.0 Å². The van der Waals surface area contributed by atoms with Gasteiger partial charge in [-0.2, -0.15) is 0 Å². The first kappa shape index (κ1) is 24.4. The molecule has 0 bridgehead atoms. The maximum atomic E-state index is 8.04. The summed E-state index contributed by atoms with van der Waals surface area (Å²) in [7, 11) is 2.06. The van der Waals surface area contributed by atoms with Crippen molar-refractivity contribution in [3.05, 3.63) is 82.9 Å². The van der Waals surface area contributed by atoms with Crippen LogP contribution in [0, 0.1) is 12.3 Å². The highest BCUT2D eigenvalue weighted by Gasteiger charge is 2.13. The Bertz CT molecular complexity index is 901. The number of likely N-dealkylation sites (N-methyl/N-ethyl adjacent to an activating group) is 1. The maximum absolute atomic E-state index is 8.04. The van der Waals surface area contributed by atoms with Crippen LogP contribution in [-0.4, -0.2) is 25.0 Å². The number of allylic oxidation sites excluding steroid dienone is 1. The van der Waals surface area contributed by atoms with Crippen molar-refractivity contribution >= 4 is 34.4 Å². The highest BCUT2D eigenvalue weighted by molar-refractivity contribution is 6.30. The normalized spacial score (nSPS) is 10.7. The summed E-state index contributed by atoms with van der Waals surface area (Å²) in [5.41, 5.74) is 7.90. The van der Waals surface area contributed by atoms with Gasteiger partial charge in [0.25, 0.3) is 0 Å². The number of aryl methyl sites for hydroxylation is 1. The second kappa shape index (κ2) is 11.4. The minimum atomic E-state index is 0.610. The monoisotopic (exact) mass is 409 g/mol. The molecule has 0 spiro atoms. The van der Waals surface area contributed by atoms with Gasteiger partial charge in [0.05, 0.1) is 5.69 Å². The molecule has 1 N–H and O–H groups in total. The highest BCUT2D eigenvalue weighted by atomic mass is 35.5. The Hall–Kier alpha value is -2.65. The molecule has 0 aliphatic rings. The van der Waals surface area contributed by atoms with Crippen molar-refractivity contribution in [2.75, 3.05) is 18.5 Å². The summed E-state index contributed by atoms with van der Waals surface area (Å²) in [4.78, 5) is 6.97. The zero-order chi connectivity index (χ0) is 22.1. The van der Waals surface area contributed by atoms with Gasteiger partial charge in [-0.3, -0.25) is 4.99 Å². The fourth-order valence-corrected chi connectivity index (χ4v) is 3.41. The van der Waals surface area contributed by atoms with E-state index in [1.165, 1.54) is 5.57 Å². The van der Waals surface area contributed by atoms with Crippen molar-refractivity contribution in [1.29, 1.82) is 5.41 Å². The van der Waals surface area contributed by atoms with Crippen LogP contribution in [0.25, 0.3) is 0 Å². The molecular weight excluding hydrogens is 378 g/mol. The van der Waals surface area contributed by atoms with E-state index in [2.05, 4.69) is 51.1 Å². The molecule has 0 unspecified atom stereocenters. The van der Waals surface area contributed by atoms with Gasteiger partial charge >= 0.3 is 0 Å². The van der Waals surface area contributed by atoms with Crippen molar-refractivity contribution in [3.63, 3.8) is 0 Å². The summed E-state index contributed by atoms with van der Waals surface area (Å²) >= 11 is 6.18. The molecule has 0 aliphatic heterocycles. The molecule has 0 radical (unpaired) electrons. The molecule has 2 rings (SSSR count). The molecule has 4 heteroatoms. The van der Waals surface area contributed by atoms with E-state index < -0.39 is 0 Å². The molecule has 0 aromatic heterocycles. The maximum Gasteiger partial charge on any atom is 0.0650 e. The zero-order valence-electron chi connectivity index (χ0n) is 18.4. The molecule has 154 valence electrons. The Labute approximate surface area is 181 Å². The van der Waals surface area contributed by atoms with Gasteiger partial charge in [0.1, 0.15) is 0 Å². The number of hydrogen-bond acceptors (Lipinski definition) is 3. The summed E-state index contributed by atoms with van der Waals surface area (Å²) in [6.45, 7) is 16.7. The van der Waals surface area contributed by atoms with Gasteiger partial charge in [0, 0.05) is 41.3 Å². The van der Waals surface area contributed by atoms with E-state index in [9.17, 15) is 0 Å². The lowest BCUT2D eigenvalue weighted by Crippen LogP contribution is -2.25. The Morgan fingerprint density at radius 1 is 1.07 bits per heavy atom. The van der Waals surface area contributed by atoms with E-state index in [1.807, 2.05) is 51.1 Å². The fourth-order valence-electron chi connectivity index (χ4n) is 3.12. The topological polar surface area (TPSA) is 39.5 Å². The van der Waals surface area contributed by atoms with Crippen LogP contribution in [0.1, 0.15) is 38.8 Å². The van der Waals surface area contributed by atoms with Crippen LogP contribution < -0.4 is 4.90 Å². The van der Waals surface area contributed by atoms with E-state index in [-0.39, 0.29) is 0 Å². The van der Waals surface area contributed by atoms with Gasteiger partial charge in [-0.1, -0.05) is 35.4 Å². The number of nitrogens with zero attached hydrogens (tertiary/aromatic N) is 2. The van der Waals surface area contributed by atoms with Crippen LogP contribution in [0.15, 0.2) is 71.8 Å². The average Bonchev–Trinajstić information content (AvgIpc) is 2.66. The number of para-hydroxylation sites is 1. The van der Waals surface area contributed by atoms with Crippen LogP contribution in [0.5, 0.6) is 0 Å². The van der Waals surface area contributed by atoms with E-state index >= 15 is 0 Å². The molecule has 0 saturated heterocycles.